The zero-order valence-corrected chi connectivity index (χ0v) is 13.0. The number of aliphatic hydroxyl groups is 1. The smallest absolute Gasteiger partial charge is 0.0644 e. The third-order valence-electron chi connectivity index (χ3n) is 4.75. The molecule has 0 amide bonds. The van der Waals surface area contributed by atoms with E-state index in [4.69, 9.17) is 9.47 Å². The van der Waals surface area contributed by atoms with Crippen molar-refractivity contribution in [3.05, 3.63) is 0 Å². The first-order chi connectivity index (χ1) is 8.99. The molecule has 19 heavy (non-hydrogen) atoms. The molecule has 1 aliphatic rings. The Bertz CT molecular complexity index is 252. The Kier molecular flexibility index (Phi) is 6.74. The number of nitrogens with one attached hydrogen (secondary N) is 1. The largest absolute Gasteiger partial charge is 0.394 e. The molecule has 0 spiro atoms. The highest BCUT2D eigenvalue weighted by Crippen LogP contribution is 2.37. The molecule has 0 aromatic carbocycles. The summed E-state index contributed by atoms with van der Waals surface area (Å²) in [5.74, 6) is 0.526. The molecular weight excluding hydrogens is 242 g/mol. The van der Waals surface area contributed by atoms with Gasteiger partial charge in [0.05, 0.1) is 12.2 Å². The van der Waals surface area contributed by atoms with Gasteiger partial charge in [0.2, 0.25) is 0 Å². The van der Waals surface area contributed by atoms with Gasteiger partial charge in [0.25, 0.3) is 0 Å². The molecule has 0 radical (unpaired) electrons. The van der Waals surface area contributed by atoms with Crippen LogP contribution >= 0.6 is 0 Å². The number of likely N-dealkylation sites (N-methyl/N-ethyl adjacent to an activating group) is 1. The van der Waals surface area contributed by atoms with Crippen molar-refractivity contribution in [2.75, 3.05) is 34.0 Å². The molecule has 1 rings (SSSR count). The Labute approximate surface area is 117 Å². The highest BCUT2D eigenvalue weighted by atomic mass is 16.5. The van der Waals surface area contributed by atoms with Gasteiger partial charge in [0.15, 0.2) is 0 Å². The Morgan fingerprint density at radius 3 is 2.68 bits per heavy atom. The van der Waals surface area contributed by atoms with Crippen LogP contribution in [0.5, 0.6) is 0 Å². The van der Waals surface area contributed by atoms with Gasteiger partial charge in [-0.3, -0.25) is 0 Å². The molecule has 4 nitrogen and oxygen atoms in total. The van der Waals surface area contributed by atoms with E-state index in [1.165, 1.54) is 12.8 Å². The molecule has 0 aliphatic heterocycles. The van der Waals surface area contributed by atoms with Crippen molar-refractivity contribution in [3.8, 4) is 0 Å². The van der Waals surface area contributed by atoms with Crippen molar-refractivity contribution in [1.29, 1.82) is 0 Å². The summed E-state index contributed by atoms with van der Waals surface area (Å²) < 4.78 is 11.1. The van der Waals surface area contributed by atoms with Gasteiger partial charge < -0.3 is 19.9 Å². The average Bonchev–Trinajstić information content (AvgIpc) is 2.82. The van der Waals surface area contributed by atoms with Gasteiger partial charge in [-0.1, -0.05) is 6.42 Å². The molecule has 0 heterocycles. The minimum atomic E-state index is -0.104. The molecule has 1 saturated carbocycles. The van der Waals surface area contributed by atoms with Gasteiger partial charge in [0, 0.05) is 25.9 Å². The normalized spacial score (nSPS) is 27.9. The quantitative estimate of drug-likeness (QED) is 0.631. The number of aliphatic hydroxyl groups excluding tert-OH is 1. The van der Waals surface area contributed by atoms with E-state index in [0.29, 0.717) is 5.92 Å². The third-order valence-corrected chi connectivity index (χ3v) is 4.75. The van der Waals surface area contributed by atoms with Gasteiger partial charge in [-0.2, -0.15) is 0 Å². The SMILES string of the molecule is CNC1(CO)CCCC1CCOCCC(C)(C)OC. The van der Waals surface area contributed by atoms with Crippen LogP contribution in [0.1, 0.15) is 46.0 Å². The van der Waals surface area contributed by atoms with Crippen LogP contribution in [-0.2, 0) is 9.47 Å². The standard InChI is InChI=1S/C15H31NO3/c1-14(2,18-4)9-11-19-10-7-13-6-5-8-15(13,12-17)16-3/h13,16-17H,5-12H2,1-4H3. The second-order valence-corrected chi connectivity index (χ2v) is 6.27. The molecule has 4 heteroatoms. The number of ether oxygens (including phenoxy) is 2. The summed E-state index contributed by atoms with van der Waals surface area (Å²) in [5, 5.41) is 12.9. The predicted octanol–water partition coefficient (Wildman–Crippen LogP) is 1.96. The maximum atomic E-state index is 9.61. The molecule has 0 bridgehead atoms. The minimum Gasteiger partial charge on any atom is -0.394 e. The van der Waals surface area contributed by atoms with Crippen LogP contribution in [0.2, 0.25) is 0 Å². The molecule has 0 aromatic heterocycles. The maximum absolute atomic E-state index is 9.61. The van der Waals surface area contributed by atoms with E-state index < -0.39 is 0 Å². The lowest BCUT2D eigenvalue weighted by Gasteiger charge is -2.33. The number of methoxy groups -OCH3 is 1. The molecule has 2 unspecified atom stereocenters. The second kappa shape index (κ2) is 7.58. The van der Waals surface area contributed by atoms with Gasteiger partial charge in [-0.15, -0.1) is 0 Å². The molecule has 1 fully saturated rings. The predicted molar refractivity (Wildman–Crippen MR) is 77.4 cm³/mol. The second-order valence-electron chi connectivity index (χ2n) is 6.27. The van der Waals surface area contributed by atoms with E-state index in [1.807, 2.05) is 7.05 Å². The zero-order valence-electron chi connectivity index (χ0n) is 13.0. The number of hydrogen-bond acceptors (Lipinski definition) is 4. The Morgan fingerprint density at radius 2 is 2.11 bits per heavy atom. The van der Waals surface area contributed by atoms with Crippen molar-refractivity contribution in [2.45, 2.75) is 57.1 Å². The molecule has 0 saturated heterocycles. The van der Waals surface area contributed by atoms with Crippen molar-refractivity contribution in [3.63, 3.8) is 0 Å². The summed E-state index contributed by atoms with van der Waals surface area (Å²) >= 11 is 0. The Hall–Kier alpha value is -0.160. The van der Waals surface area contributed by atoms with Crippen LogP contribution in [0.15, 0.2) is 0 Å². The monoisotopic (exact) mass is 273 g/mol. The van der Waals surface area contributed by atoms with Crippen LogP contribution in [-0.4, -0.2) is 50.2 Å². The fourth-order valence-electron chi connectivity index (χ4n) is 2.93. The molecule has 2 N–H and O–H groups in total. The van der Waals surface area contributed by atoms with Crippen LogP contribution in [0.3, 0.4) is 0 Å². The fourth-order valence-corrected chi connectivity index (χ4v) is 2.93. The van der Waals surface area contributed by atoms with Gasteiger partial charge >= 0.3 is 0 Å². The number of hydrogen-bond donors (Lipinski definition) is 2. The summed E-state index contributed by atoms with van der Waals surface area (Å²) in [6.07, 6.45) is 5.39. The molecule has 114 valence electrons. The van der Waals surface area contributed by atoms with Crippen LogP contribution < -0.4 is 5.32 Å². The third kappa shape index (κ3) is 4.71. The van der Waals surface area contributed by atoms with E-state index in [9.17, 15) is 5.11 Å². The molecular formula is C15H31NO3. The Morgan fingerprint density at radius 1 is 1.37 bits per heavy atom. The van der Waals surface area contributed by atoms with Crippen molar-refractivity contribution in [1.82, 2.24) is 5.32 Å². The molecule has 0 aromatic rings. The van der Waals surface area contributed by atoms with E-state index >= 15 is 0 Å². The van der Waals surface area contributed by atoms with E-state index in [2.05, 4.69) is 19.2 Å². The highest BCUT2D eigenvalue weighted by molar-refractivity contribution is 4.97. The summed E-state index contributed by atoms with van der Waals surface area (Å²) in [4.78, 5) is 0. The topological polar surface area (TPSA) is 50.7 Å². The number of rotatable bonds is 9. The first-order valence-corrected chi connectivity index (χ1v) is 7.42. The lowest BCUT2D eigenvalue weighted by atomic mass is 9.86. The lowest BCUT2D eigenvalue weighted by molar-refractivity contribution is -0.0126. The first-order valence-electron chi connectivity index (χ1n) is 7.42. The van der Waals surface area contributed by atoms with E-state index in [1.54, 1.807) is 7.11 Å². The van der Waals surface area contributed by atoms with Gasteiger partial charge in [-0.25, -0.2) is 0 Å². The van der Waals surface area contributed by atoms with E-state index in [0.717, 1.165) is 32.5 Å². The van der Waals surface area contributed by atoms with E-state index in [-0.39, 0.29) is 17.7 Å². The highest BCUT2D eigenvalue weighted by Gasteiger charge is 2.40. The Balaban J connectivity index is 2.22. The van der Waals surface area contributed by atoms with Crippen molar-refractivity contribution >= 4 is 0 Å². The van der Waals surface area contributed by atoms with Crippen LogP contribution in [0.4, 0.5) is 0 Å². The summed E-state index contributed by atoms with van der Waals surface area (Å²) in [6.45, 7) is 5.88. The molecule has 1 aliphatic carbocycles. The first kappa shape index (κ1) is 16.9. The van der Waals surface area contributed by atoms with Crippen LogP contribution in [0, 0.1) is 5.92 Å². The van der Waals surface area contributed by atoms with Crippen LogP contribution in [0.25, 0.3) is 0 Å². The summed E-state index contributed by atoms with van der Waals surface area (Å²) in [5.41, 5.74) is -0.178. The minimum absolute atomic E-state index is 0.0742. The average molecular weight is 273 g/mol. The fraction of sp³-hybridized carbons (Fsp3) is 1.00. The lowest BCUT2D eigenvalue weighted by Crippen LogP contribution is -2.49. The molecule has 2 atom stereocenters. The van der Waals surface area contributed by atoms with Gasteiger partial charge in [0.1, 0.15) is 0 Å². The summed E-state index contributed by atoms with van der Waals surface area (Å²) in [7, 11) is 3.69. The zero-order chi connectivity index (χ0) is 14.4. The van der Waals surface area contributed by atoms with Crippen molar-refractivity contribution in [2.24, 2.45) is 5.92 Å². The maximum Gasteiger partial charge on any atom is 0.0644 e. The van der Waals surface area contributed by atoms with Crippen molar-refractivity contribution < 1.29 is 14.6 Å². The summed E-state index contributed by atoms with van der Waals surface area (Å²) in [6, 6.07) is 0. The van der Waals surface area contributed by atoms with Gasteiger partial charge in [-0.05, 0) is 52.5 Å².